The highest BCUT2D eigenvalue weighted by Gasteiger charge is 2.31. The number of morpholine rings is 1. The van der Waals surface area contributed by atoms with Gasteiger partial charge in [0.15, 0.2) is 0 Å². The number of aryl methyl sites for hydroxylation is 1. The highest BCUT2D eigenvalue weighted by molar-refractivity contribution is 5.89. The molecule has 1 saturated heterocycles. The van der Waals surface area contributed by atoms with Crippen LogP contribution < -0.4 is 15.4 Å². The second-order valence-corrected chi connectivity index (χ2v) is 9.55. The maximum absolute atomic E-state index is 14.3. The third-order valence-corrected chi connectivity index (χ3v) is 6.61. The Balaban J connectivity index is 1.23. The van der Waals surface area contributed by atoms with Crippen LogP contribution in [0.1, 0.15) is 18.4 Å². The molecule has 2 aromatic carbocycles. The van der Waals surface area contributed by atoms with Crippen LogP contribution in [-0.2, 0) is 22.8 Å². The number of amides is 1. The minimum absolute atomic E-state index is 0.143. The maximum atomic E-state index is 14.3. The van der Waals surface area contributed by atoms with Gasteiger partial charge in [-0.05, 0) is 49.4 Å². The van der Waals surface area contributed by atoms with Crippen molar-refractivity contribution in [1.82, 2.24) is 19.4 Å². The Morgan fingerprint density at radius 1 is 1.07 bits per heavy atom. The van der Waals surface area contributed by atoms with Crippen LogP contribution in [-0.4, -0.2) is 58.2 Å². The summed E-state index contributed by atoms with van der Waals surface area (Å²) in [6, 6.07) is 10.5. The number of ether oxygens (including phenoxy) is 2. The van der Waals surface area contributed by atoms with E-state index in [1.54, 1.807) is 41.9 Å². The van der Waals surface area contributed by atoms with Crippen LogP contribution in [0.4, 0.5) is 35.0 Å². The van der Waals surface area contributed by atoms with Crippen LogP contribution in [0.5, 0.6) is 11.5 Å². The lowest BCUT2D eigenvalue weighted by Crippen LogP contribution is -2.37. The number of rotatable bonds is 9. The van der Waals surface area contributed by atoms with E-state index in [9.17, 15) is 22.4 Å². The van der Waals surface area contributed by atoms with Crippen molar-refractivity contribution in [3.05, 3.63) is 66.1 Å². The molecule has 4 aromatic rings. The molecule has 0 atom stereocenters. The van der Waals surface area contributed by atoms with Crippen molar-refractivity contribution in [2.75, 3.05) is 43.5 Å². The highest BCUT2D eigenvalue weighted by atomic mass is 19.4. The van der Waals surface area contributed by atoms with E-state index in [-0.39, 0.29) is 17.5 Å². The number of carbonyl (C=O) groups excluding carboxylic acids is 1. The van der Waals surface area contributed by atoms with Gasteiger partial charge in [-0.3, -0.25) is 9.69 Å². The molecular formula is C28H28F4N6O3. The van der Waals surface area contributed by atoms with Gasteiger partial charge < -0.3 is 24.7 Å². The molecule has 1 amide bonds. The van der Waals surface area contributed by atoms with Crippen molar-refractivity contribution in [3.63, 3.8) is 0 Å². The largest absolute Gasteiger partial charge is 0.457 e. The fraction of sp³-hybridized carbons (Fsp3) is 0.321. The molecular weight excluding hydrogens is 544 g/mol. The summed E-state index contributed by atoms with van der Waals surface area (Å²) in [5.41, 5.74) is -0.200. The van der Waals surface area contributed by atoms with Gasteiger partial charge in [0, 0.05) is 44.9 Å². The number of imidazole rings is 1. The Hall–Kier alpha value is -4.23. The van der Waals surface area contributed by atoms with Crippen LogP contribution in [0.2, 0.25) is 0 Å². The summed E-state index contributed by atoms with van der Waals surface area (Å²) in [6.07, 6.45) is -2.00. The third-order valence-electron chi connectivity index (χ3n) is 6.61. The van der Waals surface area contributed by atoms with Crippen molar-refractivity contribution in [2.45, 2.75) is 19.0 Å². The first-order valence-corrected chi connectivity index (χ1v) is 13.0. The number of nitrogens with zero attached hydrogens (tertiary/aromatic N) is 4. The van der Waals surface area contributed by atoms with E-state index in [0.29, 0.717) is 60.1 Å². The highest BCUT2D eigenvalue weighted by Crippen LogP contribution is 2.33. The van der Waals surface area contributed by atoms with Gasteiger partial charge in [-0.15, -0.1) is 0 Å². The van der Waals surface area contributed by atoms with Gasteiger partial charge in [-0.1, -0.05) is 0 Å². The second-order valence-electron chi connectivity index (χ2n) is 9.55. The summed E-state index contributed by atoms with van der Waals surface area (Å²) in [7, 11) is 1.66. The van der Waals surface area contributed by atoms with Gasteiger partial charge in [0.05, 0.1) is 35.5 Å². The normalized spacial score (nSPS) is 14.3. The molecule has 2 N–H and O–H groups in total. The Morgan fingerprint density at radius 3 is 2.63 bits per heavy atom. The van der Waals surface area contributed by atoms with E-state index >= 15 is 0 Å². The molecule has 0 aliphatic carbocycles. The second kappa shape index (κ2) is 12.1. The number of hydrogen-bond acceptors (Lipinski definition) is 7. The molecule has 5 rings (SSSR count). The summed E-state index contributed by atoms with van der Waals surface area (Å²) < 4.78 is 66.4. The van der Waals surface area contributed by atoms with Crippen molar-refractivity contribution in [1.29, 1.82) is 0 Å². The van der Waals surface area contributed by atoms with Crippen LogP contribution in [0.15, 0.2) is 54.7 Å². The fourth-order valence-corrected chi connectivity index (χ4v) is 4.45. The number of aromatic nitrogens is 3. The Morgan fingerprint density at radius 2 is 1.85 bits per heavy atom. The van der Waals surface area contributed by atoms with E-state index < -0.39 is 17.6 Å². The minimum Gasteiger partial charge on any atom is -0.457 e. The number of benzene rings is 2. The molecule has 9 nitrogen and oxygen atoms in total. The van der Waals surface area contributed by atoms with Crippen molar-refractivity contribution in [2.24, 2.45) is 7.05 Å². The summed E-state index contributed by atoms with van der Waals surface area (Å²) in [6.45, 7) is 4.01. The number of alkyl halides is 3. The topological polar surface area (TPSA) is 93.5 Å². The Labute approximate surface area is 233 Å². The molecule has 0 spiro atoms. The number of pyridine rings is 1. The predicted octanol–water partition coefficient (Wildman–Crippen LogP) is 5.71. The zero-order valence-corrected chi connectivity index (χ0v) is 22.2. The zero-order valence-electron chi connectivity index (χ0n) is 22.2. The van der Waals surface area contributed by atoms with Crippen LogP contribution in [0, 0.1) is 5.82 Å². The molecule has 0 saturated carbocycles. The van der Waals surface area contributed by atoms with Crippen molar-refractivity contribution in [3.8, 4) is 11.5 Å². The lowest BCUT2D eigenvalue weighted by Gasteiger charge is -2.26. The quantitative estimate of drug-likeness (QED) is 0.248. The number of halogens is 4. The SMILES string of the molecule is Cn1c(Nc2cc(C(F)(F)F)ccc2F)nc2cc(Oc3ccnc(NC(=O)CCCN4CCOCC4)c3)ccc21. The molecule has 1 aliphatic rings. The van der Waals surface area contributed by atoms with E-state index in [2.05, 4.69) is 25.5 Å². The van der Waals surface area contributed by atoms with Gasteiger partial charge in [0.25, 0.3) is 0 Å². The molecule has 1 fully saturated rings. The molecule has 0 bridgehead atoms. The van der Waals surface area contributed by atoms with E-state index in [1.807, 2.05) is 0 Å². The Bertz CT molecular complexity index is 1540. The van der Waals surface area contributed by atoms with Crippen LogP contribution in [0.3, 0.4) is 0 Å². The minimum atomic E-state index is -4.61. The van der Waals surface area contributed by atoms with Gasteiger partial charge in [0.2, 0.25) is 11.9 Å². The van der Waals surface area contributed by atoms with Gasteiger partial charge >= 0.3 is 6.18 Å². The maximum Gasteiger partial charge on any atom is 0.416 e. The average molecular weight is 573 g/mol. The summed E-state index contributed by atoms with van der Waals surface area (Å²) in [5.74, 6) is 0.386. The zero-order chi connectivity index (χ0) is 29.0. The first kappa shape index (κ1) is 28.3. The molecule has 41 heavy (non-hydrogen) atoms. The van der Waals surface area contributed by atoms with Crippen molar-refractivity contribution < 1.29 is 31.8 Å². The molecule has 0 unspecified atom stereocenters. The average Bonchev–Trinajstić information content (AvgIpc) is 3.24. The van der Waals surface area contributed by atoms with Crippen LogP contribution >= 0.6 is 0 Å². The number of hydrogen-bond donors (Lipinski definition) is 2. The lowest BCUT2D eigenvalue weighted by molar-refractivity contribution is -0.137. The molecule has 3 heterocycles. The smallest absolute Gasteiger partial charge is 0.416 e. The van der Waals surface area contributed by atoms with E-state index in [1.165, 1.54) is 6.20 Å². The summed E-state index contributed by atoms with van der Waals surface area (Å²) in [5, 5.41) is 5.44. The van der Waals surface area contributed by atoms with Gasteiger partial charge in [-0.25, -0.2) is 14.4 Å². The summed E-state index contributed by atoms with van der Waals surface area (Å²) >= 11 is 0. The van der Waals surface area contributed by atoms with Gasteiger partial charge in [-0.2, -0.15) is 13.2 Å². The number of fused-ring (bicyclic) bond motifs is 1. The number of carbonyl (C=O) groups is 1. The van der Waals surface area contributed by atoms with Crippen LogP contribution in [0.25, 0.3) is 11.0 Å². The lowest BCUT2D eigenvalue weighted by atomic mass is 10.2. The first-order chi connectivity index (χ1) is 19.7. The first-order valence-electron chi connectivity index (χ1n) is 13.0. The van der Waals surface area contributed by atoms with E-state index in [0.717, 1.165) is 32.1 Å². The van der Waals surface area contributed by atoms with Gasteiger partial charge in [0.1, 0.15) is 23.1 Å². The molecule has 1 aliphatic heterocycles. The predicted molar refractivity (Wildman–Crippen MR) is 145 cm³/mol. The molecule has 0 radical (unpaired) electrons. The fourth-order valence-electron chi connectivity index (χ4n) is 4.45. The molecule has 2 aromatic heterocycles. The Kier molecular flexibility index (Phi) is 8.36. The third kappa shape index (κ3) is 7.11. The monoisotopic (exact) mass is 572 g/mol. The summed E-state index contributed by atoms with van der Waals surface area (Å²) in [4.78, 5) is 23.3. The standard InChI is InChI=1S/C28H28F4N6O3/c1-37-24-7-5-19(16-23(24)35-27(37)34-22-15-18(28(30,31)32)4-6-21(22)29)41-20-8-9-33-25(17-20)36-26(39)3-2-10-38-11-13-40-14-12-38/h4-9,15-17H,2-3,10-14H2,1H3,(H,34,35)(H,33,36,39). The molecule has 216 valence electrons. The molecule has 13 heteroatoms. The number of anilines is 3. The van der Waals surface area contributed by atoms with Crippen molar-refractivity contribution >= 4 is 34.4 Å². The van der Waals surface area contributed by atoms with E-state index in [4.69, 9.17) is 9.47 Å². The number of nitrogens with one attached hydrogen (secondary N) is 2.